The molecule has 1 heterocycles. The van der Waals surface area contributed by atoms with Gasteiger partial charge in [-0.05, 0) is 44.2 Å². The quantitative estimate of drug-likeness (QED) is 0.836. The Morgan fingerprint density at radius 2 is 2.20 bits per heavy atom. The normalized spacial score (nSPS) is 23.4. The van der Waals surface area contributed by atoms with Gasteiger partial charge in [-0.3, -0.25) is 0 Å². The first-order valence-corrected chi connectivity index (χ1v) is 9.11. The summed E-state index contributed by atoms with van der Waals surface area (Å²) >= 11 is 1.48. The summed E-state index contributed by atoms with van der Waals surface area (Å²) < 4.78 is 33.3. The molecular formula is C13H22N2O3S2. The highest BCUT2D eigenvalue weighted by atomic mass is 32.2. The van der Waals surface area contributed by atoms with E-state index in [9.17, 15) is 8.42 Å². The van der Waals surface area contributed by atoms with Gasteiger partial charge in [-0.1, -0.05) is 0 Å². The summed E-state index contributed by atoms with van der Waals surface area (Å²) in [7, 11) is 0.0440. The summed E-state index contributed by atoms with van der Waals surface area (Å²) in [5.74, 6) is 0. The number of hydrogen-bond acceptors (Lipinski definition) is 5. The third kappa shape index (κ3) is 3.40. The van der Waals surface area contributed by atoms with Crippen LogP contribution in [0.1, 0.15) is 29.7 Å². The topological polar surface area (TPSA) is 67.4 Å². The van der Waals surface area contributed by atoms with E-state index < -0.39 is 10.0 Å². The molecule has 1 saturated carbocycles. The highest BCUT2D eigenvalue weighted by Gasteiger charge is 2.30. The van der Waals surface area contributed by atoms with Crippen molar-refractivity contribution in [1.82, 2.24) is 10.0 Å². The van der Waals surface area contributed by atoms with E-state index in [4.69, 9.17) is 4.74 Å². The predicted molar refractivity (Wildman–Crippen MR) is 80.6 cm³/mol. The van der Waals surface area contributed by atoms with Crippen LogP contribution in [0.25, 0.3) is 0 Å². The van der Waals surface area contributed by atoms with Crippen molar-refractivity contribution < 1.29 is 13.2 Å². The van der Waals surface area contributed by atoms with Gasteiger partial charge in [0.2, 0.25) is 10.0 Å². The number of thiophene rings is 1. The van der Waals surface area contributed by atoms with Crippen LogP contribution >= 0.6 is 11.3 Å². The van der Waals surface area contributed by atoms with Crippen LogP contribution in [0.4, 0.5) is 0 Å². The Bertz CT molecular complexity index is 554. The van der Waals surface area contributed by atoms with Gasteiger partial charge in [-0.25, -0.2) is 13.1 Å². The molecule has 0 aliphatic heterocycles. The van der Waals surface area contributed by atoms with Crippen molar-refractivity contribution in [2.75, 3.05) is 14.2 Å². The molecule has 1 aromatic heterocycles. The fraction of sp³-hybridized carbons (Fsp3) is 0.692. The number of sulfonamides is 1. The molecule has 0 saturated heterocycles. The van der Waals surface area contributed by atoms with Crippen molar-refractivity contribution >= 4 is 21.4 Å². The average molecular weight is 318 g/mol. The number of rotatable bonds is 6. The lowest BCUT2D eigenvalue weighted by molar-refractivity contribution is 0.107. The zero-order valence-electron chi connectivity index (χ0n) is 12.1. The van der Waals surface area contributed by atoms with Crippen molar-refractivity contribution in [3.8, 4) is 0 Å². The molecule has 0 radical (unpaired) electrons. The van der Waals surface area contributed by atoms with E-state index >= 15 is 0 Å². The van der Waals surface area contributed by atoms with Crippen LogP contribution in [0.5, 0.6) is 0 Å². The minimum absolute atomic E-state index is 0.0216. The fourth-order valence-electron chi connectivity index (χ4n) is 2.67. The Hall–Kier alpha value is -0.470. The second kappa shape index (κ2) is 6.53. The first-order valence-electron chi connectivity index (χ1n) is 6.74. The maximum Gasteiger partial charge on any atom is 0.242 e. The van der Waals surface area contributed by atoms with Crippen LogP contribution in [-0.4, -0.2) is 34.7 Å². The molecule has 2 atom stereocenters. The highest BCUT2D eigenvalue weighted by molar-refractivity contribution is 7.89. The summed E-state index contributed by atoms with van der Waals surface area (Å²) in [6.07, 6.45) is 2.67. The van der Waals surface area contributed by atoms with E-state index in [-0.39, 0.29) is 12.1 Å². The van der Waals surface area contributed by atoms with Gasteiger partial charge in [0.25, 0.3) is 0 Å². The molecule has 114 valence electrons. The van der Waals surface area contributed by atoms with Crippen molar-refractivity contribution in [3.63, 3.8) is 0 Å². The lowest BCUT2D eigenvalue weighted by Crippen LogP contribution is -2.34. The van der Waals surface area contributed by atoms with Crippen LogP contribution in [0, 0.1) is 6.92 Å². The molecule has 5 nitrogen and oxygen atoms in total. The SMILES string of the molecule is CNCc1scc(C)c1S(=O)(=O)NC1CCC(OC)C1. The number of hydrogen-bond donors (Lipinski definition) is 2. The number of aryl methyl sites for hydroxylation is 1. The van der Waals surface area contributed by atoms with Crippen molar-refractivity contribution in [2.24, 2.45) is 0 Å². The molecule has 2 N–H and O–H groups in total. The lowest BCUT2D eigenvalue weighted by Gasteiger charge is -2.14. The third-order valence-electron chi connectivity index (χ3n) is 3.64. The molecule has 1 aliphatic carbocycles. The Morgan fingerprint density at radius 3 is 2.80 bits per heavy atom. The largest absolute Gasteiger partial charge is 0.381 e. The second-order valence-electron chi connectivity index (χ2n) is 5.19. The summed E-state index contributed by atoms with van der Waals surface area (Å²) in [5.41, 5.74) is 0.814. The minimum atomic E-state index is -3.45. The molecule has 1 fully saturated rings. The van der Waals surface area contributed by atoms with Crippen molar-refractivity contribution in [2.45, 2.75) is 49.8 Å². The second-order valence-corrected chi connectivity index (χ2v) is 7.81. The van der Waals surface area contributed by atoms with E-state index in [0.717, 1.165) is 29.7 Å². The summed E-state index contributed by atoms with van der Waals surface area (Å²) in [6.45, 7) is 2.41. The first-order chi connectivity index (χ1) is 9.47. The molecule has 1 aromatic rings. The van der Waals surface area contributed by atoms with Gasteiger partial charge in [0.05, 0.1) is 6.10 Å². The Kier molecular flexibility index (Phi) is 5.19. The van der Waals surface area contributed by atoms with Gasteiger partial charge in [0.1, 0.15) is 4.90 Å². The Morgan fingerprint density at radius 1 is 1.45 bits per heavy atom. The van der Waals surface area contributed by atoms with E-state index in [1.807, 2.05) is 19.4 Å². The smallest absolute Gasteiger partial charge is 0.242 e. The summed E-state index contributed by atoms with van der Waals surface area (Å²) in [6, 6.07) is -0.0216. The minimum Gasteiger partial charge on any atom is -0.381 e. The van der Waals surface area contributed by atoms with Gasteiger partial charge < -0.3 is 10.1 Å². The van der Waals surface area contributed by atoms with Gasteiger partial charge in [-0.2, -0.15) is 0 Å². The summed E-state index contributed by atoms with van der Waals surface area (Å²) in [4.78, 5) is 1.30. The molecule has 0 aromatic carbocycles. The molecule has 7 heteroatoms. The average Bonchev–Trinajstić information content (AvgIpc) is 2.96. The van der Waals surface area contributed by atoms with E-state index in [1.165, 1.54) is 11.3 Å². The monoisotopic (exact) mass is 318 g/mol. The Balaban J connectivity index is 2.16. The summed E-state index contributed by atoms with van der Waals surface area (Å²) in [5, 5.41) is 4.91. The zero-order valence-corrected chi connectivity index (χ0v) is 13.7. The van der Waals surface area contributed by atoms with Crippen LogP contribution in [0.15, 0.2) is 10.3 Å². The van der Waals surface area contributed by atoms with Gasteiger partial charge in [0.15, 0.2) is 0 Å². The molecule has 20 heavy (non-hydrogen) atoms. The van der Waals surface area contributed by atoms with Gasteiger partial charge >= 0.3 is 0 Å². The van der Waals surface area contributed by atoms with E-state index in [0.29, 0.717) is 11.4 Å². The lowest BCUT2D eigenvalue weighted by atomic mass is 10.3. The maximum absolute atomic E-state index is 12.6. The molecule has 2 rings (SSSR count). The van der Waals surface area contributed by atoms with Crippen molar-refractivity contribution in [1.29, 1.82) is 0 Å². The van der Waals surface area contributed by atoms with Crippen molar-refractivity contribution in [3.05, 3.63) is 15.8 Å². The molecule has 2 unspecified atom stereocenters. The number of methoxy groups -OCH3 is 1. The number of nitrogens with one attached hydrogen (secondary N) is 2. The molecule has 0 bridgehead atoms. The fourth-order valence-corrected chi connectivity index (χ4v) is 5.78. The number of ether oxygens (including phenoxy) is 1. The molecular weight excluding hydrogens is 296 g/mol. The zero-order chi connectivity index (χ0) is 14.8. The highest BCUT2D eigenvalue weighted by Crippen LogP contribution is 2.29. The molecule has 0 amide bonds. The van der Waals surface area contributed by atoms with Crippen LogP contribution in [0.2, 0.25) is 0 Å². The first kappa shape index (κ1) is 15.9. The molecule has 0 spiro atoms. The van der Waals surface area contributed by atoms with E-state index in [1.54, 1.807) is 7.11 Å². The van der Waals surface area contributed by atoms with Gasteiger partial charge in [0, 0.05) is 24.6 Å². The van der Waals surface area contributed by atoms with E-state index in [2.05, 4.69) is 10.0 Å². The Labute approximate surface area is 124 Å². The van der Waals surface area contributed by atoms with Gasteiger partial charge in [-0.15, -0.1) is 11.3 Å². The maximum atomic E-state index is 12.6. The molecule has 1 aliphatic rings. The van der Waals surface area contributed by atoms with Crippen LogP contribution < -0.4 is 10.0 Å². The standard InChI is InChI=1S/C13H22N2O3S2/c1-9-8-19-12(7-14-2)13(9)20(16,17)15-10-4-5-11(6-10)18-3/h8,10-11,14-15H,4-7H2,1-3H3. The predicted octanol–water partition coefficient (Wildman–Crippen LogP) is 1.62. The van der Waals surface area contributed by atoms with Crippen LogP contribution in [-0.2, 0) is 21.3 Å². The van der Waals surface area contributed by atoms with Crippen LogP contribution in [0.3, 0.4) is 0 Å². The third-order valence-corrected chi connectivity index (χ3v) is 6.62.